The molecule has 0 aliphatic rings. The van der Waals surface area contributed by atoms with Gasteiger partial charge in [0, 0.05) is 6.07 Å². The van der Waals surface area contributed by atoms with E-state index in [1.807, 2.05) is 0 Å². The van der Waals surface area contributed by atoms with E-state index in [0.717, 1.165) is 6.07 Å². The second-order valence-corrected chi connectivity index (χ2v) is 4.78. The molecule has 0 bridgehead atoms. The Bertz CT molecular complexity index is 915. The second kappa shape index (κ2) is 5.08. The summed E-state index contributed by atoms with van der Waals surface area (Å²) in [6.45, 7) is 0. The van der Waals surface area contributed by atoms with Crippen LogP contribution in [0, 0.1) is 5.82 Å². The molecule has 0 unspecified atom stereocenters. The predicted octanol–water partition coefficient (Wildman–Crippen LogP) is 3.88. The van der Waals surface area contributed by atoms with Crippen LogP contribution >= 0.6 is 0 Å². The molecule has 0 fully saturated rings. The Labute approximate surface area is 126 Å². The summed E-state index contributed by atoms with van der Waals surface area (Å²) in [5.41, 5.74) is -2.54. The summed E-state index contributed by atoms with van der Waals surface area (Å²) in [5.74, 6) is -2.51. The molecule has 0 aliphatic heterocycles. The van der Waals surface area contributed by atoms with Gasteiger partial charge in [0.05, 0.1) is 0 Å². The molecular formula is C15H8F4N2O2. The third-order valence-corrected chi connectivity index (χ3v) is 3.26. The molecule has 0 spiro atoms. The number of carboxylic acid groups (broad SMARTS) is 1. The van der Waals surface area contributed by atoms with Gasteiger partial charge < -0.3 is 5.11 Å². The second-order valence-electron chi connectivity index (χ2n) is 4.78. The lowest BCUT2D eigenvalue weighted by Crippen LogP contribution is -2.10. The number of alkyl halides is 3. The van der Waals surface area contributed by atoms with E-state index >= 15 is 0 Å². The largest absolute Gasteiger partial charge is 0.477 e. The van der Waals surface area contributed by atoms with Crippen molar-refractivity contribution in [3.8, 4) is 5.69 Å². The number of aromatic nitrogens is 2. The lowest BCUT2D eigenvalue weighted by Gasteiger charge is -2.08. The fraction of sp³-hybridized carbons (Fsp3) is 0.0667. The van der Waals surface area contributed by atoms with Crippen molar-refractivity contribution in [2.45, 2.75) is 6.18 Å². The van der Waals surface area contributed by atoms with Gasteiger partial charge in [0.25, 0.3) is 0 Å². The Hall–Kier alpha value is -2.90. The topological polar surface area (TPSA) is 55.1 Å². The number of carboxylic acids is 1. The molecule has 23 heavy (non-hydrogen) atoms. The third-order valence-electron chi connectivity index (χ3n) is 3.26. The molecule has 4 nitrogen and oxygen atoms in total. The molecule has 0 saturated heterocycles. The summed E-state index contributed by atoms with van der Waals surface area (Å²) in [6.07, 6.45) is -4.83. The SMILES string of the molecule is O=C(O)c1cc(C(F)(F)F)nn1-c1cc2ccccc2cc1F. The van der Waals surface area contributed by atoms with Crippen LogP contribution in [0.25, 0.3) is 16.5 Å². The van der Waals surface area contributed by atoms with Crippen LogP contribution in [-0.4, -0.2) is 20.9 Å². The summed E-state index contributed by atoms with van der Waals surface area (Å²) >= 11 is 0. The van der Waals surface area contributed by atoms with Crippen LogP contribution in [-0.2, 0) is 6.18 Å². The highest BCUT2D eigenvalue weighted by molar-refractivity contribution is 5.88. The fourth-order valence-corrected chi connectivity index (χ4v) is 2.22. The minimum atomic E-state index is -4.83. The minimum absolute atomic E-state index is 0.364. The number of halogens is 4. The number of carbonyl (C=O) groups is 1. The van der Waals surface area contributed by atoms with Gasteiger partial charge in [0.15, 0.2) is 11.4 Å². The van der Waals surface area contributed by atoms with Crippen LogP contribution in [0.2, 0.25) is 0 Å². The minimum Gasteiger partial charge on any atom is -0.477 e. The fourth-order valence-electron chi connectivity index (χ4n) is 2.22. The number of nitrogens with zero attached hydrogens (tertiary/aromatic N) is 2. The van der Waals surface area contributed by atoms with Gasteiger partial charge in [-0.1, -0.05) is 24.3 Å². The number of aromatic carboxylic acids is 1. The van der Waals surface area contributed by atoms with Gasteiger partial charge in [-0.05, 0) is 22.9 Å². The lowest BCUT2D eigenvalue weighted by molar-refractivity contribution is -0.141. The van der Waals surface area contributed by atoms with E-state index in [1.54, 1.807) is 24.3 Å². The normalized spacial score (nSPS) is 11.8. The predicted molar refractivity (Wildman–Crippen MR) is 73.0 cm³/mol. The Morgan fingerprint density at radius 2 is 1.70 bits per heavy atom. The zero-order chi connectivity index (χ0) is 16.8. The van der Waals surface area contributed by atoms with Gasteiger partial charge in [0.2, 0.25) is 0 Å². The van der Waals surface area contributed by atoms with Crippen LogP contribution in [0.3, 0.4) is 0 Å². The van der Waals surface area contributed by atoms with Crippen molar-refractivity contribution >= 4 is 16.7 Å². The molecular weight excluding hydrogens is 316 g/mol. The van der Waals surface area contributed by atoms with Crippen LogP contribution < -0.4 is 0 Å². The molecule has 1 heterocycles. The molecule has 1 aromatic heterocycles. The monoisotopic (exact) mass is 324 g/mol. The van der Waals surface area contributed by atoms with Crippen molar-refractivity contribution in [2.24, 2.45) is 0 Å². The first-order valence-electron chi connectivity index (χ1n) is 6.36. The van der Waals surface area contributed by atoms with E-state index in [2.05, 4.69) is 5.10 Å². The van der Waals surface area contributed by atoms with E-state index in [0.29, 0.717) is 21.5 Å². The number of fused-ring (bicyclic) bond motifs is 1. The van der Waals surface area contributed by atoms with Crippen molar-refractivity contribution in [3.05, 3.63) is 59.7 Å². The maximum Gasteiger partial charge on any atom is 0.435 e. The van der Waals surface area contributed by atoms with Gasteiger partial charge >= 0.3 is 12.1 Å². The number of benzene rings is 2. The molecule has 2 aromatic carbocycles. The van der Waals surface area contributed by atoms with E-state index in [9.17, 15) is 22.4 Å². The van der Waals surface area contributed by atoms with Crippen molar-refractivity contribution in [1.82, 2.24) is 9.78 Å². The molecule has 8 heteroatoms. The van der Waals surface area contributed by atoms with Gasteiger partial charge in [-0.3, -0.25) is 0 Å². The summed E-state index contributed by atoms with van der Waals surface area (Å²) in [7, 11) is 0. The van der Waals surface area contributed by atoms with Gasteiger partial charge in [0.1, 0.15) is 11.5 Å². The molecule has 0 aliphatic carbocycles. The Kier molecular flexibility index (Phi) is 3.32. The Morgan fingerprint density at radius 3 is 2.26 bits per heavy atom. The summed E-state index contributed by atoms with van der Waals surface area (Å²) in [4.78, 5) is 11.2. The standard InChI is InChI=1S/C15H8F4N2O2/c16-10-5-8-3-1-2-4-9(8)6-11(10)21-12(14(22)23)7-13(20-21)15(17,18)19/h1-7H,(H,22,23). The van der Waals surface area contributed by atoms with Gasteiger partial charge in [-0.2, -0.15) is 18.3 Å². The van der Waals surface area contributed by atoms with Crippen LogP contribution in [0.15, 0.2) is 42.5 Å². The highest BCUT2D eigenvalue weighted by Crippen LogP contribution is 2.30. The molecule has 3 aromatic rings. The number of hydrogen-bond acceptors (Lipinski definition) is 2. The van der Waals surface area contributed by atoms with E-state index < -0.39 is 29.4 Å². The maximum atomic E-state index is 14.2. The van der Waals surface area contributed by atoms with Gasteiger partial charge in [-0.25, -0.2) is 13.9 Å². The van der Waals surface area contributed by atoms with Gasteiger partial charge in [-0.15, -0.1) is 0 Å². The van der Waals surface area contributed by atoms with Crippen LogP contribution in [0.5, 0.6) is 0 Å². The summed E-state index contributed by atoms with van der Waals surface area (Å²) in [5, 5.41) is 13.4. The summed E-state index contributed by atoms with van der Waals surface area (Å²) in [6, 6.07) is 9.36. The Balaban J connectivity index is 2.27. The summed E-state index contributed by atoms with van der Waals surface area (Å²) < 4.78 is 52.9. The zero-order valence-corrected chi connectivity index (χ0v) is 11.3. The van der Waals surface area contributed by atoms with E-state index in [-0.39, 0.29) is 5.69 Å². The molecule has 0 amide bonds. The number of hydrogen-bond donors (Lipinski definition) is 1. The lowest BCUT2D eigenvalue weighted by atomic mass is 10.1. The molecule has 3 rings (SSSR count). The first kappa shape index (κ1) is 15.0. The third kappa shape index (κ3) is 2.63. The van der Waals surface area contributed by atoms with Crippen molar-refractivity contribution in [2.75, 3.05) is 0 Å². The smallest absolute Gasteiger partial charge is 0.435 e. The molecule has 1 N–H and O–H groups in total. The van der Waals surface area contributed by atoms with Crippen LogP contribution in [0.1, 0.15) is 16.2 Å². The van der Waals surface area contributed by atoms with Crippen molar-refractivity contribution in [1.29, 1.82) is 0 Å². The highest BCUT2D eigenvalue weighted by atomic mass is 19.4. The molecule has 118 valence electrons. The average molecular weight is 324 g/mol. The molecule has 0 saturated carbocycles. The average Bonchev–Trinajstić information content (AvgIpc) is 2.91. The Morgan fingerprint density at radius 1 is 1.09 bits per heavy atom. The maximum absolute atomic E-state index is 14.2. The molecule has 0 atom stereocenters. The first-order valence-corrected chi connectivity index (χ1v) is 6.36. The van der Waals surface area contributed by atoms with Crippen molar-refractivity contribution < 1.29 is 27.5 Å². The first-order chi connectivity index (χ1) is 10.8. The zero-order valence-electron chi connectivity index (χ0n) is 11.3. The quantitative estimate of drug-likeness (QED) is 0.728. The van der Waals surface area contributed by atoms with E-state index in [4.69, 9.17) is 5.11 Å². The highest BCUT2D eigenvalue weighted by Gasteiger charge is 2.36. The van der Waals surface area contributed by atoms with E-state index in [1.165, 1.54) is 6.07 Å². The van der Waals surface area contributed by atoms with Crippen LogP contribution in [0.4, 0.5) is 17.6 Å². The molecule has 0 radical (unpaired) electrons. The van der Waals surface area contributed by atoms with Crippen molar-refractivity contribution in [3.63, 3.8) is 0 Å². The number of rotatable bonds is 2.